The average Bonchev–Trinajstić information content (AvgIpc) is 3.14. The maximum absolute atomic E-state index is 11.7. The molecule has 1 aliphatic heterocycles. The van der Waals surface area contributed by atoms with Gasteiger partial charge in [-0.05, 0) is 0 Å². The van der Waals surface area contributed by atoms with E-state index in [4.69, 9.17) is 25.0 Å². The quantitative estimate of drug-likeness (QED) is 0.237. The van der Waals surface area contributed by atoms with Crippen molar-refractivity contribution < 1.29 is 52.0 Å². The van der Waals surface area contributed by atoms with Crippen LogP contribution in [0.4, 0.5) is 5.82 Å². The van der Waals surface area contributed by atoms with E-state index in [0.717, 1.165) is 13.3 Å². The Kier molecular flexibility index (Phi) is 6.25. The second-order valence-corrected chi connectivity index (χ2v) is 8.88. The molecule has 6 N–H and O–H groups in total. The number of nitrogen functional groups attached to an aromatic ring is 1. The molecule has 16 nitrogen and oxygen atoms in total. The molecular formula is C12H17N5O11P2. The second kappa shape index (κ2) is 8.26. The third-order valence-electron chi connectivity index (χ3n) is 3.88. The van der Waals surface area contributed by atoms with E-state index in [-0.39, 0.29) is 17.0 Å². The van der Waals surface area contributed by atoms with E-state index in [1.807, 2.05) is 0 Å². The first kappa shape index (κ1) is 22.7. The van der Waals surface area contributed by atoms with E-state index in [9.17, 15) is 23.9 Å². The monoisotopic (exact) mass is 469 g/mol. The van der Waals surface area contributed by atoms with Gasteiger partial charge in [0.1, 0.15) is 24.1 Å². The first-order valence-corrected chi connectivity index (χ1v) is 11.1. The highest BCUT2D eigenvalue weighted by Crippen LogP contribution is 2.57. The van der Waals surface area contributed by atoms with Gasteiger partial charge in [0.15, 0.2) is 23.8 Å². The molecule has 2 aromatic heterocycles. The molecule has 0 radical (unpaired) electrons. The van der Waals surface area contributed by atoms with Crippen LogP contribution in [-0.4, -0.2) is 70.2 Å². The number of phosphoric acid groups is 2. The Morgan fingerprint density at radius 3 is 2.63 bits per heavy atom. The van der Waals surface area contributed by atoms with Crippen molar-refractivity contribution in [3.63, 3.8) is 0 Å². The lowest BCUT2D eigenvalue weighted by Gasteiger charge is -2.20. The lowest BCUT2D eigenvalue weighted by Crippen LogP contribution is -2.37. The number of hydrogen-bond donors (Lipinski definition) is 5. The summed E-state index contributed by atoms with van der Waals surface area (Å²) >= 11 is 0. The number of carbonyl (C=O) groups is 1. The van der Waals surface area contributed by atoms with E-state index in [1.54, 1.807) is 0 Å². The number of fused-ring (bicyclic) bond motifs is 1. The number of ether oxygens (including phenoxy) is 2. The number of aromatic nitrogens is 4. The lowest BCUT2D eigenvalue weighted by atomic mass is 10.1. The first-order valence-electron chi connectivity index (χ1n) is 8.06. The fraction of sp³-hybridized carbons (Fsp3) is 0.500. The van der Waals surface area contributed by atoms with Crippen LogP contribution < -0.4 is 5.73 Å². The molecule has 1 fully saturated rings. The minimum Gasteiger partial charge on any atom is -0.457 e. The van der Waals surface area contributed by atoms with Crippen LogP contribution in [-0.2, 0) is 32.2 Å². The van der Waals surface area contributed by atoms with Gasteiger partial charge in [0, 0.05) is 6.92 Å². The zero-order chi connectivity index (χ0) is 22.3. The molecule has 2 aromatic rings. The van der Waals surface area contributed by atoms with Crippen molar-refractivity contribution in [3.05, 3.63) is 12.7 Å². The van der Waals surface area contributed by atoms with Crippen molar-refractivity contribution in [2.24, 2.45) is 0 Å². The van der Waals surface area contributed by atoms with Gasteiger partial charge in [0.05, 0.1) is 12.9 Å². The van der Waals surface area contributed by atoms with Gasteiger partial charge in [-0.25, -0.2) is 24.1 Å². The van der Waals surface area contributed by atoms with Gasteiger partial charge in [-0.3, -0.25) is 13.9 Å². The van der Waals surface area contributed by atoms with Crippen molar-refractivity contribution >= 4 is 38.6 Å². The van der Waals surface area contributed by atoms with Crippen molar-refractivity contribution in [2.75, 3.05) is 12.3 Å². The summed E-state index contributed by atoms with van der Waals surface area (Å²) in [5.41, 5.74) is 6.12. The molecule has 1 unspecified atom stereocenters. The van der Waals surface area contributed by atoms with Crippen LogP contribution in [0.15, 0.2) is 12.7 Å². The molecule has 18 heteroatoms. The maximum Gasteiger partial charge on any atom is 0.481 e. The molecule has 1 saturated heterocycles. The number of rotatable bonds is 7. The number of aliphatic hydroxyl groups is 1. The van der Waals surface area contributed by atoms with Gasteiger partial charge in [-0.2, -0.15) is 4.31 Å². The molecule has 3 heterocycles. The molecule has 5 atom stereocenters. The number of nitrogens with two attached hydrogens (primary N) is 1. The minimum absolute atomic E-state index is 0.0680. The highest BCUT2D eigenvalue weighted by Gasteiger charge is 2.48. The number of nitrogens with zero attached hydrogens (tertiary/aromatic N) is 4. The van der Waals surface area contributed by atoms with Crippen LogP contribution in [0.2, 0.25) is 0 Å². The first-order chi connectivity index (χ1) is 13.9. The van der Waals surface area contributed by atoms with Gasteiger partial charge in [-0.1, -0.05) is 0 Å². The molecule has 3 rings (SSSR count). The zero-order valence-corrected chi connectivity index (χ0v) is 16.9. The molecule has 0 aromatic carbocycles. The third-order valence-corrected chi connectivity index (χ3v) is 6.04. The summed E-state index contributed by atoms with van der Waals surface area (Å²) in [6.07, 6.45) is -3.04. The van der Waals surface area contributed by atoms with E-state index >= 15 is 0 Å². The maximum atomic E-state index is 11.7. The fourth-order valence-corrected chi connectivity index (χ4v) is 4.40. The van der Waals surface area contributed by atoms with E-state index in [1.165, 1.54) is 10.9 Å². The number of phosphoric ester groups is 1. The second-order valence-electron chi connectivity index (χ2n) is 6.05. The Morgan fingerprint density at radius 2 is 2.00 bits per heavy atom. The molecule has 1 aliphatic rings. The van der Waals surface area contributed by atoms with Crippen molar-refractivity contribution in [1.29, 1.82) is 0 Å². The van der Waals surface area contributed by atoms with Crippen LogP contribution in [0, 0.1) is 0 Å². The molecular weight excluding hydrogens is 452 g/mol. The van der Waals surface area contributed by atoms with Gasteiger partial charge in [0.25, 0.3) is 0 Å². The predicted octanol–water partition coefficient (Wildman–Crippen LogP) is -1.18. The fourth-order valence-electron chi connectivity index (χ4n) is 2.80. The van der Waals surface area contributed by atoms with Crippen molar-refractivity contribution in [1.82, 2.24) is 19.5 Å². The smallest absolute Gasteiger partial charge is 0.457 e. The number of anilines is 1. The number of hydrogen-bond acceptors (Lipinski definition) is 12. The SMILES string of the molecule is CC(=O)O[C@H]1[C@@H](O)[C@H](n2cnc3c(N)ncnc32)O[C@@H]1COP(=O)(O)OP(=O)(O)O. The Hall–Kier alpha value is -2.00. The summed E-state index contributed by atoms with van der Waals surface area (Å²) in [4.78, 5) is 49.9. The lowest BCUT2D eigenvalue weighted by molar-refractivity contribution is -0.153. The largest absolute Gasteiger partial charge is 0.481 e. The Bertz CT molecular complexity index is 1040. The average molecular weight is 469 g/mol. The van der Waals surface area contributed by atoms with E-state index in [2.05, 4.69) is 23.8 Å². The summed E-state index contributed by atoms with van der Waals surface area (Å²) in [7, 11) is -10.5. The van der Waals surface area contributed by atoms with Gasteiger partial charge in [-0.15, -0.1) is 0 Å². The summed E-state index contributed by atoms with van der Waals surface area (Å²) in [5.74, 6) is -0.729. The van der Waals surface area contributed by atoms with Crippen LogP contribution in [0.1, 0.15) is 13.2 Å². The van der Waals surface area contributed by atoms with Crippen molar-refractivity contribution in [2.45, 2.75) is 31.5 Å². The van der Waals surface area contributed by atoms with E-state index < -0.39 is 52.8 Å². The minimum atomic E-state index is -5.33. The molecule has 0 saturated carbocycles. The van der Waals surface area contributed by atoms with E-state index in [0.29, 0.717) is 0 Å². The topological polar surface area (TPSA) is 239 Å². The molecule has 0 amide bonds. The Balaban J connectivity index is 1.84. The van der Waals surface area contributed by atoms with Gasteiger partial charge < -0.3 is 35.0 Å². The molecule has 166 valence electrons. The van der Waals surface area contributed by atoms with Crippen LogP contribution in [0.5, 0.6) is 0 Å². The van der Waals surface area contributed by atoms with Crippen LogP contribution in [0.25, 0.3) is 11.2 Å². The predicted molar refractivity (Wildman–Crippen MR) is 94.1 cm³/mol. The number of imidazole rings is 1. The highest BCUT2D eigenvalue weighted by molar-refractivity contribution is 7.60. The Morgan fingerprint density at radius 1 is 1.30 bits per heavy atom. The molecule has 0 bridgehead atoms. The normalized spacial score (nSPS) is 26.6. The summed E-state index contributed by atoms with van der Waals surface area (Å²) < 4.78 is 42.5. The molecule has 0 spiro atoms. The van der Waals surface area contributed by atoms with Crippen LogP contribution in [0.3, 0.4) is 0 Å². The number of esters is 1. The molecule has 30 heavy (non-hydrogen) atoms. The zero-order valence-electron chi connectivity index (χ0n) is 15.1. The Labute approximate surface area is 167 Å². The van der Waals surface area contributed by atoms with Gasteiger partial charge in [0.2, 0.25) is 0 Å². The third kappa shape index (κ3) is 5.00. The number of aliphatic hydroxyl groups excluding tert-OH is 1. The van der Waals surface area contributed by atoms with Crippen molar-refractivity contribution in [3.8, 4) is 0 Å². The highest BCUT2D eigenvalue weighted by atomic mass is 31.3. The summed E-state index contributed by atoms with van der Waals surface area (Å²) in [6, 6.07) is 0. The summed E-state index contributed by atoms with van der Waals surface area (Å²) in [6.45, 7) is 0.232. The summed E-state index contributed by atoms with van der Waals surface area (Å²) in [5, 5.41) is 10.6. The van der Waals surface area contributed by atoms with Gasteiger partial charge >= 0.3 is 21.6 Å². The molecule has 0 aliphatic carbocycles. The number of carbonyl (C=O) groups excluding carboxylic acids is 1. The van der Waals surface area contributed by atoms with Crippen LogP contribution >= 0.6 is 15.6 Å². The standard InChI is InChI=1S/C12H17N5O11P2/c1-5(18)26-9-6(2-25-30(23,24)28-29(20,21)22)27-12(8(9)19)17-4-16-7-10(13)14-3-15-11(7)17/h3-4,6,8-9,12,19H,2H2,1H3,(H,23,24)(H2,13,14,15)(H2,20,21,22)/t6-,8-,9-,12-/m1/s1.